The van der Waals surface area contributed by atoms with Crippen LogP contribution in [-0.4, -0.2) is 41.6 Å². The second-order valence-electron chi connectivity index (χ2n) is 6.55. The van der Waals surface area contributed by atoms with Crippen molar-refractivity contribution in [2.75, 3.05) is 13.2 Å². The minimum absolute atomic E-state index is 0.198. The molecular weight excluding hydrogens is 268 g/mol. The highest BCUT2D eigenvalue weighted by molar-refractivity contribution is 5.61. The Morgan fingerprint density at radius 3 is 3.10 bits per heavy atom. The minimum Gasteiger partial charge on any atom is -0.474 e. The van der Waals surface area contributed by atoms with Crippen LogP contribution in [0.1, 0.15) is 51.2 Å². The molecule has 3 unspecified atom stereocenters. The molecule has 116 valence electrons. The molecule has 2 aliphatic rings. The van der Waals surface area contributed by atoms with Crippen LogP contribution in [0.15, 0.2) is 10.6 Å². The van der Waals surface area contributed by atoms with Gasteiger partial charge in [0.25, 0.3) is 5.88 Å². The van der Waals surface area contributed by atoms with E-state index in [-0.39, 0.29) is 11.8 Å². The van der Waals surface area contributed by atoms with Gasteiger partial charge in [0.1, 0.15) is 12.9 Å². The predicted molar refractivity (Wildman–Crippen MR) is 78.4 cm³/mol. The molecule has 2 saturated heterocycles. The van der Waals surface area contributed by atoms with Crippen molar-refractivity contribution in [2.45, 2.75) is 57.5 Å². The Hall–Kier alpha value is -1.36. The number of carbonyl (C=O) groups excluding carboxylic acids is 1. The van der Waals surface area contributed by atoms with Crippen molar-refractivity contribution >= 4 is 6.29 Å². The summed E-state index contributed by atoms with van der Waals surface area (Å²) < 4.78 is 11.1. The molecule has 3 rings (SSSR count). The summed E-state index contributed by atoms with van der Waals surface area (Å²) in [6.45, 7) is 5.85. The van der Waals surface area contributed by atoms with Crippen molar-refractivity contribution in [3.63, 3.8) is 0 Å². The maximum atomic E-state index is 11.1. The van der Waals surface area contributed by atoms with E-state index >= 15 is 0 Å². The lowest BCUT2D eigenvalue weighted by Crippen LogP contribution is -2.35. The largest absolute Gasteiger partial charge is 0.474 e. The maximum absolute atomic E-state index is 11.1. The topological polar surface area (TPSA) is 55.6 Å². The molecule has 0 spiro atoms. The van der Waals surface area contributed by atoms with Crippen molar-refractivity contribution < 1.29 is 14.1 Å². The van der Waals surface area contributed by atoms with E-state index in [1.54, 1.807) is 6.07 Å². The summed E-state index contributed by atoms with van der Waals surface area (Å²) in [6, 6.07) is 3.03. The van der Waals surface area contributed by atoms with Crippen LogP contribution in [0.2, 0.25) is 0 Å². The number of nitrogens with zero attached hydrogens (tertiary/aromatic N) is 2. The van der Waals surface area contributed by atoms with Crippen molar-refractivity contribution in [1.29, 1.82) is 0 Å². The fourth-order valence-electron chi connectivity index (χ4n) is 3.61. The molecule has 5 heteroatoms. The van der Waals surface area contributed by atoms with E-state index in [4.69, 9.17) is 9.26 Å². The molecule has 0 aromatic carbocycles. The first-order valence-electron chi connectivity index (χ1n) is 7.99. The van der Waals surface area contributed by atoms with Gasteiger partial charge >= 0.3 is 0 Å². The zero-order valence-corrected chi connectivity index (χ0v) is 12.8. The van der Waals surface area contributed by atoms with E-state index in [2.05, 4.69) is 10.1 Å². The van der Waals surface area contributed by atoms with Gasteiger partial charge in [-0.3, -0.25) is 4.90 Å². The second-order valence-corrected chi connectivity index (χ2v) is 6.55. The van der Waals surface area contributed by atoms with Crippen LogP contribution in [0, 0.1) is 5.92 Å². The summed E-state index contributed by atoms with van der Waals surface area (Å²) in [5, 5.41) is 3.94. The average Bonchev–Trinajstić information content (AvgIpc) is 3.13. The molecule has 0 saturated carbocycles. The molecule has 0 bridgehead atoms. The van der Waals surface area contributed by atoms with Crippen LogP contribution in [0.5, 0.6) is 5.88 Å². The Kier molecular flexibility index (Phi) is 4.29. The molecule has 2 aliphatic heterocycles. The van der Waals surface area contributed by atoms with Gasteiger partial charge in [0.2, 0.25) is 0 Å². The van der Waals surface area contributed by atoms with Gasteiger partial charge < -0.3 is 14.1 Å². The fraction of sp³-hybridized carbons (Fsp3) is 0.750. The van der Waals surface area contributed by atoms with E-state index in [0.29, 0.717) is 24.3 Å². The van der Waals surface area contributed by atoms with Crippen LogP contribution in [0.3, 0.4) is 0 Å². The van der Waals surface area contributed by atoms with Gasteiger partial charge in [-0.05, 0) is 43.3 Å². The van der Waals surface area contributed by atoms with E-state index in [1.165, 1.54) is 32.2 Å². The van der Waals surface area contributed by atoms with E-state index in [0.717, 1.165) is 12.3 Å². The third-order valence-electron chi connectivity index (χ3n) is 4.85. The molecule has 0 aliphatic carbocycles. The third kappa shape index (κ3) is 2.98. The summed E-state index contributed by atoms with van der Waals surface area (Å²) in [7, 11) is 0. The van der Waals surface area contributed by atoms with Crippen LogP contribution in [0.4, 0.5) is 0 Å². The monoisotopic (exact) mass is 292 g/mol. The highest BCUT2D eigenvalue weighted by atomic mass is 16.5. The van der Waals surface area contributed by atoms with Crippen molar-refractivity contribution in [3.05, 3.63) is 11.8 Å². The van der Waals surface area contributed by atoms with Gasteiger partial charge in [0, 0.05) is 18.2 Å². The summed E-state index contributed by atoms with van der Waals surface area (Å²) in [5.41, 5.74) is 0. The Morgan fingerprint density at radius 1 is 1.48 bits per heavy atom. The van der Waals surface area contributed by atoms with Gasteiger partial charge in [0.15, 0.2) is 5.76 Å². The lowest BCUT2D eigenvalue weighted by Gasteiger charge is -2.22. The van der Waals surface area contributed by atoms with Crippen molar-refractivity contribution in [2.24, 2.45) is 5.92 Å². The molecule has 1 aromatic rings. The lowest BCUT2D eigenvalue weighted by atomic mass is 9.95. The molecular formula is C16H24N2O3. The first-order valence-corrected chi connectivity index (χ1v) is 7.99. The average molecular weight is 292 g/mol. The molecule has 0 amide bonds. The van der Waals surface area contributed by atoms with Gasteiger partial charge in [-0.25, -0.2) is 0 Å². The molecule has 0 radical (unpaired) electrons. The zero-order valence-electron chi connectivity index (χ0n) is 12.8. The molecule has 0 N–H and O–H groups in total. The van der Waals surface area contributed by atoms with Crippen molar-refractivity contribution in [1.82, 2.24) is 10.1 Å². The molecule has 2 fully saturated rings. The van der Waals surface area contributed by atoms with Crippen LogP contribution >= 0.6 is 0 Å². The number of ether oxygens (including phenoxy) is 1. The zero-order chi connectivity index (χ0) is 14.8. The first-order chi connectivity index (χ1) is 10.2. The Labute approximate surface area is 125 Å². The van der Waals surface area contributed by atoms with E-state index in [1.807, 2.05) is 13.8 Å². The number of hydrogen-bond acceptors (Lipinski definition) is 5. The molecule has 5 nitrogen and oxygen atoms in total. The summed E-state index contributed by atoms with van der Waals surface area (Å²) in [6.07, 6.45) is 6.06. The highest BCUT2D eigenvalue weighted by Gasteiger charge is 2.36. The van der Waals surface area contributed by atoms with E-state index < -0.39 is 0 Å². The Balaban J connectivity index is 1.56. The smallest absolute Gasteiger partial charge is 0.254 e. The predicted octanol–water partition coefficient (Wildman–Crippen LogP) is 2.62. The van der Waals surface area contributed by atoms with Crippen LogP contribution in [0.25, 0.3) is 0 Å². The summed E-state index contributed by atoms with van der Waals surface area (Å²) in [5.74, 6) is 1.05. The van der Waals surface area contributed by atoms with E-state index in [9.17, 15) is 4.79 Å². The minimum atomic E-state index is -0.246. The number of carbonyl (C=O) groups is 1. The van der Waals surface area contributed by atoms with Gasteiger partial charge in [-0.2, -0.15) is 0 Å². The molecule has 3 heterocycles. The van der Waals surface area contributed by atoms with Crippen molar-refractivity contribution in [3.8, 4) is 5.88 Å². The molecule has 3 atom stereocenters. The maximum Gasteiger partial charge on any atom is 0.254 e. The molecule has 1 aromatic heterocycles. The Morgan fingerprint density at radius 2 is 2.33 bits per heavy atom. The normalized spacial score (nSPS) is 27.0. The molecule has 21 heavy (non-hydrogen) atoms. The first kappa shape index (κ1) is 14.6. The highest BCUT2D eigenvalue weighted by Crippen LogP contribution is 2.33. The SMILES string of the molecule is CC(C)C(C=O)c1cc(OCC2CCC3CCCN32)no1. The summed E-state index contributed by atoms with van der Waals surface area (Å²) >= 11 is 0. The number of fused-ring (bicyclic) bond motifs is 1. The lowest BCUT2D eigenvalue weighted by molar-refractivity contribution is -0.110. The standard InChI is InChI=1S/C16H24N2O3/c1-11(2)14(9-19)15-8-16(17-21-15)20-10-13-6-5-12-4-3-7-18(12)13/h8-9,11-14H,3-7,10H2,1-2H3. The van der Waals surface area contributed by atoms with Gasteiger partial charge in [-0.15, -0.1) is 0 Å². The third-order valence-corrected chi connectivity index (χ3v) is 4.85. The number of aldehydes is 1. The number of rotatable bonds is 6. The Bertz CT molecular complexity index is 486. The van der Waals surface area contributed by atoms with Crippen LogP contribution in [-0.2, 0) is 4.79 Å². The number of aromatic nitrogens is 1. The number of hydrogen-bond donors (Lipinski definition) is 0. The summed E-state index contributed by atoms with van der Waals surface area (Å²) in [4.78, 5) is 13.7. The van der Waals surface area contributed by atoms with Crippen LogP contribution < -0.4 is 4.74 Å². The van der Waals surface area contributed by atoms with Gasteiger partial charge in [-0.1, -0.05) is 13.8 Å². The quantitative estimate of drug-likeness (QED) is 0.754. The second kappa shape index (κ2) is 6.18. The van der Waals surface area contributed by atoms with Gasteiger partial charge in [0.05, 0.1) is 5.92 Å². The fourth-order valence-corrected chi connectivity index (χ4v) is 3.61.